The van der Waals surface area contributed by atoms with Crippen molar-refractivity contribution in [3.8, 4) is 5.75 Å². The Bertz CT molecular complexity index is 894. The highest BCUT2D eigenvalue weighted by molar-refractivity contribution is 5.99. The van der Waals surface area contributed by atoms with Crippen LogP contribution in [0.3, 0.4) is 0 Å². The standard InChI is InChI=1S/C20H20N2O5/c1-12-7-8-14(9-13(12)2)21-18(23)11-26-19(24)10-17-20(25)22-15-5-3-4-6-16(15)27-17/h3-9,17H,10-11H2,1-2H3,(H,21,23)(H,22,25)/t17-/m1/s1. The van der Waals surface area contributed by atoms with Gasteiger partial charge in [-0.1, -0.05) is 18.2 Å². The Labute approximate surface area is 156 Å². The minimum Gasteiger partial charge on any atom is -0.478 e. The molecule has 0 bridgehead atoms. The molecular weight excluding hydrogens is 348 g/mol. The second-order valence-corrected chi connectivity index (χ2v) is 6.30. The second-order valence-electron chi connectivity index (χ2n) is 6.30. The van der Waals surface area contributed by atoms with E-state index in [2.05, 4.69) is 10.6 Å². The Hall–Kier alpha value is -3.35. The van der Waals surface area contributed by atoms with Gasteiger partial charge < -0.3 is 20.1 Å². The maximum atomic E-state index is 12.0. The van der Waals surface area contributed by atoms with Gasteiger partial charge in [0.25, 0.3) is 11.8 Å². The first-order valence-corrected chi connectivity index (χ1v) is 8.51. The Morgan fingerprint density at radius 2 is 1.93 bits per heavy atom. The first kappa shape index (κ1) is 18.4. The maximum Gasteiger partial charge on any atom is 0.310 e. The number of hydrogen-bond acceptors (Lipinski definition) is 5. The van der Waals surface area contributed by atoms with E-state index < -0.39 is 30.5 Å². The van der Waals surface area contributed by atoms with Gasteiger partial charge >= 0.3 is 5.97 Å². The van der Waals surface area contributed by atoms with E-state index in [1.165, 1.54) is 0 Å². The number of amides is 2. The molecule has 140 valence electrons. The summed E-state index contributed by atoms with van der Waals surface area (Å²) in [5.41, 5.74) is 3.35. The summed E-state index contributed by atoms with van der Waals surface area (Å²) in [6.45, 7) is 3.49. The van der Waals surface area contributed by atoms with Crippen LogP contribution in [0.2, 0.25) is 0 Å². The molecule has 0 aliphatic carbocycles. The predicted molar refractivity (Wildman–Crippen MR) is 99.6 cm³/mol. The molecule has 2 aromatic rings. The summed E-state index contributed by atoms with van der Waals surface area (Å²) >= 11 is 0. The molecule has 0 aromatic heterocycles. The molecule has 0 saturated heterocycles. The molecule has 3 rings (SSSR count). The van der Waals surface area contributed by atoms with Gasteiger partial charge in [-0.3, -0.25) is 14.4 Å². The molecule has 0 saturated carbocycles. The third kappa shape index (κ3) is 4.63. The highest BCUT2D eigenvalue weighted by Crippen LogP contribution is 2.29. The van der Waals surface area contributed by atoms with Crippen LogP contribution >= 0.6 is 0 Å². The van der Waals surface area contributed by atoms with Gasteiger partial charge in [0.1, 0.15) is 5.75 Å². The number of ether oxygens (including phenoxy) is 2. The lowest BCUT2D eigenvalue weighted by Gasteiger charge is -2.25. The lowest BCUT2D eigenvalue weighted by molar-refractivity contribution is -0.150. The van der Waals surface area contributed by atoms with Gasteiger partial charge in [-0.25, -0.2) is 0 Å². The normalized spacial score (nSPS) is 15.2. The zero-order chi connectivity index (χ0) is 19.4. The highest BCUT2D eigenvalue weighted by Gasteiger charge is 2.30. The van der Waals surface area contributed by atoms with Gasteiger partial charge in [0.2, 0.25) is 0 Å². The van der Waals surface area contributed by atoms with Gasteiger partial charge in [-0.2, -0.15) is 0 Å². The molecule has 27 heavy (non-hydrogen) atoms. The largest absolute Gasteiger partial charge is 0.478 e. The minimum absolute atomic E-state index is 0.281. The third-order valence-corrected chi connectivity index (χ3v) is 4.21. The van der Waals surface area contributed by atoms with E-state index in [9.17, 15) is 14.4 Å². The second kappa shape index (κ2) is 7.90. The van der Waals surface area contributed by atoms with Crippen LogP contribution in [0.1, 0.15) is 17.5 Å². The summed E-state index contributed by atoms with van der Waals surface area (Å²) in [6, 6.07) is 12.5. The predicted octanol–water partition coefficient (Wildman–Crippen LogP) is 2.57. The molecule has 2 N–H and O–H groups in total. The molecule has 0 spiro atoms. The molecule has 2 amide bonds. The molecule has 1 aliphatic heterocycles. The third-order valence-electron chi connectivity index (χ3n) is 4.21. The van der Waals surface area contributed by atoms with E-state index in [0.29, 0.717) is 17.1 Å². The fourth-order valence-corrected chi connectivity index (χ4v) is 2.60. The molecule has 0 unspecified atom stereocenters. The van der Waals surface area contributed by atoms with Gasteiger partial charge in [0, 0.05) is 5.69 Å². The van der Waals surface area contributed by atoms with Crippen molar-refractivity contribution < 1.29 is 23.9 Å². The summed E-state index contributed by atoms with van der Waals surface area (Å²) in [5.74, 6) is -1.08. The number of esters is 1. The van der Waals surface area contributed by atoms with Crippen molar-refractivity contribution in [1.29, 1.82) is 0 Å². The summed E-state index contributed by atoms with van der Waals surface area (Å²) < 4.78 is 10.5. The van der Waals surface area contributed by atoms with E-state index >= 15 is 0 Å². The fraction of sp³-hybridized carbons (Fsp3) is 0.250. The highest BCUT2D eigenvalue weighted by atomic mass is 16.5. The van der Waals surface area contributed by atoms with Crippen molar-refractivity contribution in [2.24, 2.45) is 0 Å². The first-order valence-electron chi connectivity index (χ1n) is 8.51. The molecular formula is C20H20N2O5. The zero-order valence-electron chi connectivity index (χ0n) is 15.1. The molecule has 2 aromatic carbocycles. The number of carbonyl (C=O) groups is 3. The van der Waals surface area contributed by atoms with E-state index in [0.717, 1.165) is 11.1 Å². The fourth-order valence-electron chi connectivity index (χ4n) is 2.60. The number of rotatable bonds is 5. The van der Waals surface area contributed by atoms with Crippen molar-refractivity contribution in [1.82, 2.24) is 0 Å². The van der Waals surface area contributed by atoms with Gasteiger partial charge in [0.05, 0.1) is 12.1 Å². The van der Waals surface area contributed by atoms with Crippen molar-refractivity contribution in [2.75, 3.05) is 17.2 Å². The van der Waals surface area contributed by atoms with Crippen molar-refractivity contribution in [2.45, 2.75) is 26.4 Å². The molecule has 7 heteroatoms. The van der Waals surface area contributed by atoms with Crippen molar-refractivity contribution in [3.63, 3.8) is 0 Å². The smallest absolute Gasteiger partial charge is 0.310 e. The zero-order valence-corrected chi connectivity index (χ0v) is 15.1. The van der Waals surface area contributed by atoms with Crippen LogP contribution in [0.15, 0.2) is 42.5 Å². The van der Waals surface area contributed by atoms with Crippen LogP contribution < -0.4 is 15.4 Å². The van der Waals surface area contributed by atoms with Crippen LogP contribution in [0.4, 0.5) is 11.4 Å². The van der Waals surface area contributed by atoms with Crippen LogP contribution in [0.5, 0.6) is 5.75 Å². The number of carbonyl (C=O) groups excluding carboxylic acids is 3. The number of benzene rings is 2. The summed E-state index contributed by atoms with van der Waals surface area (Å²) in [4.78, 5) is 35.9. The topological polar surface area (TPSA) is 93.7 Å². The number of fused-ring (bicyclic) bond motifs is 1. The van der Waals surface area contributed by atoms with Crippen LogP contribution in [-0.2, 0) is 19.1 Å². The van der Waals surface area contributed by atoms with Crippen LogP contribution in [-0.4, -0.2) is 30.5 Å². The summed E-state index contributed by atoms with van der Waals surface area (Å²) in [7, 11) is 0. The maximum absolute atomic E-state index is 12.0. The Balaban J connectivity index is 1.49. The summed E-state index contributed by atoms with van der Waals surface area (Å²) in [6.07, 6.45) is -1.27. The number of aryl methyl sites for hydroxylation is 2. The Morgan fingerprint density at radius 3 is 2.70 bits per heavy atom. The summed E-state index contributed by atoms with van der Waals surface area (Å²) in [5, 5.41) is 5.34. The van der Waals surface area contributed by atoms with Crippen molar-refractivity contribution in [3.05, 3.63) is 53.6 Å². The number of hydrogen-bond donors (Lipinski definition) is 2. The molecule has 1 aliphatic rings. The molecule has 1 atom stereocenters. The molecule has 0 fully saturated rings. The van der Waals surface area contributed by atoms with E-state index in [1.54, 1.807) is 30.3 Å². The number of para-hydroxylation sites is 2. The lowest BCUT2D eigenvalue weighted by Crippen LogP contribution is -2.39. The Morgan fingerprint density at radius 1 is 1.15 bits per heavy atom. The first-order chi connectivity index (χ1) is 12.9. The molecule has 1 heterocycles. The van der Waals surface area contributed by atoms with Gasteiger partial charge in [-0.05, 0) is 49.2 Å². The van der Waals surface area contributed by atoms with Crippen molar-refractivity contribution >= 4 is 29.2 Å². The van der Waals surface area contributed by atoms with E-state index in [-0.39, 0.29) is 6.42 Å². The van der Waals surface area contributed by atoms with Crippen LogP contribution in [0.25, 0.3) is 0 Å². The van der Waals surface area contributed by atoms with Gasteiger partial charge in [-0.15, -0.1) is 0 Å². The average Bonchev–Trinajstić information content (AvgIpc) is 2.64. The SMILES string of the molecule is Cc1ccc(NC(=O)COC(=O)C[C@H]2Oc3ccccc3NC2=O)cc1C. The quantitative estimate of drug-likeness (QED) is 0.791. The Kier molecular flexibility index (Phi) is 5.40. The average molecular weight is 368 g/mol. The molecule has 0 radical (unpaired) electrons. The van der Waals surface area contributed by atoms with Crippen LogP contribution in [0, 0.1) is 13.8 Å². The number of anilines is 2. The van der Waals surface area contributed by atoms with E-state index in [1.807, 2.05) is 26.0 Å². The monoisotopic (exact) mass is 368 g/mol. The molecule has 7 nitrogen and oxygen atoms in total. The number of nitrogens with one attached hydrogen (secondary N) is 2. The lowest BCUT2D eigenvalue weighted by atomic mass is 10.1. The minimum atomic E-state index is -0.991. The van der Waals surface area contributed by atoms with Gasteiger partial charge in [0.15, 0.2) is 12.7 Å². The van der Waals surface area contributed by atoms with E-state index in [4.69, 9.17) is 9.47 Å².